The van der Waals surface area contributed by atoms with Gasteiger partial charge in [0.05, 0.1) is 19.8 Å². The van der Waals surface area contributed by atoms with Crippen LogP contribution < -0.4 is 5.32 Å². The highest BCUT2D eigenvalue weighted by Gasteiger charge is 2.53. The molecule has 0 radical (unpaired) electrons. The Balaban J connectivity index is 2.16. The normalized spacial score (nSPS) is 26.0. The molecular weight excluding hydrogens is 256 g/mol. The average Bonchev–Trinajstić information content (AvgIpc) is 3.22. The van der Waals surface area contributed by atoms with Gasteiger partial charge in [-0.05, 0) is 46.6 Å². The number of hydrogen-bond acceptors (Lipinski definition) is 5. The summed E-state index contributed by atoms with van der Waals surface area (Å²) in [6.45, 7) is 9.64. The first-order valence-corrected chi connectivity index (χ1v) is 7.65. The van der Waals surface area contributed by atoms with Crippen LogP contribution in [-0.4, -0.2) is 61.9 Å². The second kappa shape index (κ2) is 6.00. The Bertz CT molecular complexity index is 355. The third-order valence-corrected chi connectivity index (χ3v) is 4.62. The van der Waals surface area contributed by atoms with Crippen molar-refractivity contribution in [3.8, 4) is 0 Å². The van der Waals surface area contributed by atoms with Crippen molar-refractivity contribution in [2.24, 2.45) is 5.92 Å². The molecule has 5 heteroatoms. The van der Waals surface area contributed by atoms with Gasteiger partial charge in [0.15, 0.2) is 0 Å². The average molecular weight is 284 g/mol. The van der Waals surface area contributed by atoms with Crippen LogP contribution in [-0.2, 0) is 14.3 Å². The number of esters is 1. The highest BCUT2D eigenvalue weighted by molar-refractivity contribution is 5.82. The Morgan fingerprint density at radius 1 is 1.50 bits per heavy atom. The number of nitrogens with zero attached hydrogens (tertiary/aromatic N) is 1. The van der Waals surface area contributed by atoms with Gasteiger partial charge in [0.2, 0.25) is 0 Å². The van der Waals surface area contributed by atoms with E-state index in [9.17, 15) is 4.79 Å². The molecule has 2 rings (SSSR count). The minimum atomic E-state index is -0.565. The molecule has 0 bridgehead atoms. The largest absolute Gasteiger partial charge is 0.465 e. The van der Waals surface area contributed by atoms with E-state index in [1.165, 1.54) is 0 Å². The van der Waals surface area contributed by atoms with Gasteiger partial charge in [-0.25, -0.2) is 4.79 Å². The highest BCUT2D eigenvalue weighted by atomic mass is 16.5. The van der Waals surface area contributed by atoms with Crippen molar-refractivity contribution in [3.63, 3.8) is 0 Å². The zero-order chi connectivity index (χ0) is 14.8. The van der Waals surface area contributed by atoms with Crippen LogP contribution in [0.15, 0.2) is 0 Å². The number of rotatable bonds is 6. The molecule has 0 spiro atoms. The molecule has 1 N–H and O–H groups in total. The van der Waals surface area contributed by atoms with Crippen LogP contribution in [0.2, 0.25) is 0 Å². The van der Waals surface area contributed by atoms with Gasteiger partial charge < -0.3 is 14.8 Å². The third-order valence-electron chi connectivity index (χ3n) is 4.62. The van der Waals surface area contributed by atoms with Gasteiger partial charge in [0, 0.05) is 18.6 Å². The van der Waals surface area contributed by atoms with E-state index in [-0.39, 0.29) is 11.5 Å². The Kier molecular flexibility index (Phi) is 4.72. The number of hydrogen-bond donors (Lipinski definition) is 1. The summed E-state index contributed by atoms with van der Waals surface area (Å²) < 4.78 is 10.9. The molecule has 1 saturated carbocycles. The van der Waals surface area contributed by atoms with E-state index in [1.54, 1.807) is 0 Å². The van der Waals surface area contributed by atoms with Crippen molar-refractivity contribution in [3.05, 3.63) is 0 Å². The van der Waals surface area contributed by atoms with Crippen LogP contribution in [0.1, 0.15) is 33.6 Å². The topological polar surface area (TPSA) is 50.8 Å². The Labute approximate surface area is 122 Å². The minimum Gasteiger partial charge on any atom is -0.465 e. The number of ether oxygens (including phenoxy) is 2. The fraction of sp³-hybridized carbons (Fsp3) is 0.933. The molecule has 0 aromatic rings. The lowest BCUT2D eigenvalue weighted by Gasteiger charge is -2.46. The van der Waals surface area contributed by atoms with Crippen molar-refractivity contribution in [2.75, 3.05) is 40.0 Å². The predicted molar refractivity (Wildman–Crippen MR) is 77.6 cm³/mol. The number of nitrogens with one attached hydrogen (secondary N) is 1. The van der Waals surface area contributed by atoms with Crippen LogP contribution in [0.4, 0.5) is 0 Å². The highest BCUT2D eigenvalue weighted by Crippen LogP contribution is 2.41. The van der Waals surface area contributed by atoms with E-state index >= 15 is 0 Å². The number of carbonyl (C=O) groups is 1. The van der Waals surface area contributed by atoms with Gasteiger partial charge in [-0.1, -0.05) is 0 Å². The van der Waals surface area contributed by atoms with E-state index in [0.717, 1.165) is 26.0 Å². The molecule has 0 aromatic carbocycles. The van der Waals surface area contributed by atoms with Crippen LogP contribution in [0.3, 0.4) is 0 Å². The first kappa shape index (κ1) is 15.7. The molecule has 2 aliphatic rings. The second-order valence-electron chi connectivity index (χ2n) is 6.50. The molecule has 5 nitrogen and oxygen atoms in total. The fourth-order valence-corrected chi connectivity index (χ4v) is 3.07. The summed E-state index contributed by atoms with van der Waals surface area (Å²) in [5, 5.41) is 3.29. The molecule has 0 aromatic heterocycles. The number of likely N-dealkylation sites (N-methyl/N-ethyl adjacent to an activating group) is 1. The lowest BCUT2D eigenvalue weighted by atomic mass is 9.89. The van der Waals surface area contributed by atoms with Crippen molar-refractivity contribution in [2.45, 2.75) is 44.7 Å². The van der Waals surface area contributed by atoms with Crippen LogP contribution in [0, 0.1) is 5.92 Å². The Hall–Kier alpha value is -0.650. The first-order chi connectivity index (χ1) is 9.46. The number of carbonyl (C=O) groups excluding carboxylic acids is 1. The molecule has 1 saturated heterocycles. The van der Waals surface area contributed by atoms with Gasteiger partial charge >= 0.3 is 5.97 Å². The third kappa shape index (κ3) is 3.00. The quantitative estimate of drug-likeness (QED) is 0.738. The summed E-state index contributed by atoms with van der Waals surface area (Å²) in [5.41, 5.74) is -0.605. The summed E-state index contributed by atoms with van der Waals surface area (Å²) in [4.78, 5) is 14.9. The van der Waals surface area contributed by atoms with Crippen molar-refractivity contribution in [1.82, 2.24) is 10.2 Å². The standard InChI is InChI=1S/C15H28N2O3/c1-5-20-13(18)15(16-4,12-6-7-12)10-17-8-9-19-11-14(17,2)3/h12,16H,5-11H2,1-4H3. The summed E-state index contributed by atoms with van der Waals surface area (Å²) in [7, 11) is 1.88. The van der Waals surface area contributed by atoms with Crippen molar-refractivity contribution < 1.29 is 14.3 Å². The SMILES string of the molecule is CCOC(=O)C(CN1CCOCC1(C)C)(NC)C1CC1. The van der Waals surface area contributed by atoms with Crippen LogP contribution >= 0.6 is 0 Å². The molecule has 2 fully saturated rings. The van der Waals surface area contributed by atoms with E-state index in [1.807, 2.05) is 14.0 Å². The van der Waals surface area contributed by atoms with Gasteiger partial charge in [-0.2, -0.15) is 0 Å². The Morgan fingerprint density at radius 3 is 2.70 bits per heavy atom. The molecular formula is C15H28N2O3. The summed E-state index contributed by atoms with van der Waals surface area (Å²) >= 11 is 0. The molecule has 116 valence electrons. The second-order valence-corrected chi connectivity index (χ2v) is 6.50. The monoisotopic (exact) mass is 284 g/mol. The van der Waals surface area contributed by atoms with Crippen LogP contribution in [0.5, 0.6) is 0 Å². The molecule has 1 atom stereocenters. The molecule has 1 unspecified atom stereocenters. The lowest BCUT2D eigenvalue weighted by molar-refractivity contribution is -0.155. The molecule has 1 aliphatic heterocycles. The lowest BCUT2D eigenvalue weighted by Crippen LogP contribution is -2.65. The maximum atomic E-state index is 12.5. The van der Waals surface area contributed by atoms with Crippen molar-refractivity contribution >= 4 is 5.97 Å². The number of morpholine rings is 1. The first-order valence-electron chi connectivity index (χ1n) is 7.65. The maximum absolute atomic E-state index is 12.5. The minimum absolute atomic E-state index is 0.0399. The van der Waals surface area contributed by atoms with Gasteiger partial charge in [-0.3, -0.25) is 4.90 Å². The predicted octanol–water partition coefficient (Wildman–Crippen LogP) is 1.03. The zero-order valence-corrected chi connectivity index (χ0v) is 13.2. The molecule has 1 heterocycles. The van der Waals surface area contributed by atoms with E-state index in [0.29, 0.717) is 25.7 Å². The zero-order valence-electron chi connectivity index (χ0n) is 13.2. The fourth-order valence-electron chi connectivity index (χ4n) is 3.07. The van der Waals surface area contributed by atoms with Gasteiger partial charge in [-0.15, -0.1) is 0 Å². The van der Waals surface area contributed by atoms with E-state index in [2.05, 4.69) is 24.1 Å². The molecule has 1 aliphatic carbocycles. The van der Waals surface area contributed by atoms with Crippen molar-refractivity contribution in [1.29, 1.82) is 0 Å². The molecule has 0 amide bonds. The van der Waals surface area contributed by atoms with Crippen LogP contribution in [0.25, 0.3) is 0 Å². The maximum Gasteiger partial charge on any atom is 0.327 e. The summed E-state index contributed by atoms with van der Waals surface area (Å²) in [5.74, 6) is 0.289. The van der Waals surface area contributed by atoms with Gasteiger partial charge in [0.1, 0.15) is 5.54 Å². The summed E-state index contributed by atoms with van der Waals surface area (Å²) in [6, 6.07) is 0. The van der Waals surface area contributed by atoms with E-state index < -0.39 is 5.54 Å². The van der Waals surface area contributed by atoms with Gasteiger partial charge in [0.25, 0.3) is 0 Å². The smallest absolute Gasteiger partial charge is 0.327 e. The van der Waals surface area contributed by atoms with E-state index in [4.69, 9.17) is 9.47 Å². The Morgan fingerprint density at radius 2 is 2.20 bits per heavy atom. The molecule has 20 heavy (non-hydrogen) atoms. The summed E-state index contributed by atoms with van der Waals surface area (Å²) in [6.07, 6.45) is 2.20.